The van der Waals surface area contributed by atoms with Gasteiger partial charge >= 0.3 is 0 Å². The number of methoxy groups -OCH3 is 1. The number of halogens is 1. The molecule has 1 aromatic heterocycles. The van der Waals surface area contributed by atoms with E-state index in [1.54, 1.807) is 31.5 Å². The second-order valence-electron chi connectivity index (χ2n) is 9.40. The number of carbonyl (C=O) groups excluding carboxylic acids is 1. The molecule has 0 radical (unpaired) electrons. The number of hydrogen-bond acceptors (Lipinski definition) is 7. The lowest BCUT2D eigenvalue weighted by Crippen LogP contribution is -2.21. The van der Waals surface area contributed by atoms with Gasteiger partial charge in [0.25, 0.3) is 11.5 Å². The maximum absolute atomic E-state index is 13.7. The fraction of sp³-hybridized carbons (Fsp3) is 0.267. The summed E-state index contributed by atoms with van der Waals surface area (Å²) in [5.74, 6) is 1.66. The van der Waals surface area contributed by atoms with Crippen LogP contribution in [0.2, 0.25) is 0 Å². The molecule has 0 saturated heterocycles. The zero-order valence-electron chi connectivity index (χ0n) is 23.0. The average Bonchev–Trinajstić information content (AvgIpc) is 2.91. The summed E-state index contributed by atoms with van der Waals surface area (Å²) < 4.78 is 19.0. The Morgan fingerprint density at radius 3 is 2.58 bits per heavy atom. The van der Waals surface area contributed by atoms with Gasteiger partial charge in [-0.25, -0.2) is 4.98 Å². The smallest absolute Gasteiger partial charge is 0.282 e. The van der Waals surface area contributed by atoms with Crippen molar-refractivity contribution in [2.45, 2.75) is 33.6 Å². The van der Waals surface area contributed by atoms with Gasteiger partial charge in [-0.1, -0.05) is 26.0 Å². The molecule has 0 atom stereocenters. The van der Waals surface area contributed by atoms with Crippen LogP contribution in [0.3, 0.4) is 0 Å². The molecule has 0 aliphatic heterocycles. The summed E-state index contributed by atoms with van der Waals surface area (Å²) in [6.07, 6.45) is 1.58. The van der Waals surface area contributed by atoms with Crippen LogP contribution in [-0.4, -0.2) is 42.1 Å². The van der Waals surface area contributed by atoms with Gasteiger partial charge in [0.05, 0.1) is 34.4 Å². The van der Waals surface area contributed by atoms with Crippen LogP contribution in [0.5, 0.6) is 17.2 Å². The topological polar surface area (TPSA) is 118 Å². The number of nitrogens with zero attached hydrogens (tertiary/aromatic N) is 3. The van der Waals surface area contributed by atoms with Crippen molar-refractivity contribution in [1.29, 1.82) is 0 Å². The van der Waals surface area contributed by atoms with Gasteiger partial charge in [-0.05, 0) is 95.4 Å². The highest BCUT2D eigenvalue weighted by molar-refractivity contribution is 14.1. The summed E-state index contributed by atoms with van der Waals surface area (Å²) in [5, 5.41) is 5.08. The van der Waals surface area contributed by atoms with Gasteiger partial charge in [0.1, 0.15) is 5.75 Å². The molecular formula is C30H31IN4O5. The Kier molecular flexibility index (Phi) is 9.08. The van der Waals surface area contributed by atoms with Crippen LogP contribution in [0.4, 0.5) is 0 Å². The number of para-hydroxylation sites is 1. The number of rotatable bonds is 10. The standard InChI is InChI=1S/C30H31IN4O5/c1-6-39-26-13-19(12-23(31)28(26)40-16-27(32)36)15-33-35-29(34-24-10-8-7-9-20(24)30(35)37)22-14-21(17(2)3)25(38-5)11-18(22)4/h7-15,17H,6,16H2,1-5H3,(H2,32,36). The van der Waals surface area contributed by atoms with Gasteiger partial charge in [-0.2, -0.15) is 9.78 Å². The van der Waals surface area contributed by atoms with Crippen LogP contribution in [0.1, 0.15) is 43.4 Å². The third kappa shape index (κ3) is 6.11. The molecule has 4 aromatic rings. The van der Waals surface area contributed by atoms with Gasteiger partial charge < -0.3 is 19.9 Å². The average molecular weight is 655 g/mol. The van der Waals surface area contributed by atoms with E-state index in [0.29, 0.717) is 44.0 Å². The van der Waals surface area contributed by atoms with Crippen molar-refractivity contribution in [3.63, 3.8) is 0 Å². The zero-order chi connectivity index (χ0) is 29.0. The van der Waals surface area contributed by atoms with E-state index in [2.05, 4.69) is 41.5 Å². The normalized spacial score (nSPS) is 11.4. The number of aromatic nitrogens is 2. The third-order valence-electron chi connectivity index (χ3n) is 6.21. The predicted molar refractivity (Wildman–Crippen MR) is 165 cm³/mol. The van der Waals surface area contributed by atoms with E-state index in [-0.39, 0.29) is 18.1 Å². The summed E-state index contributed by atoms with van der Waals surface area (Å²) in [6, 6.07) is 14.7. The second kappa shape index (κ2) is 12.5. The molecule has 0 saturated carbocycles. The molecule has 0 aliphatic carbocycles. The lowest BCUT2D eigenvalue weighted by atomic mass is 9.96. The third-order valence-corrected chi connectivity index (χ3v) is 7.01. The molecular weight excluding hydrogens is 623 g/mol. The number of benzene rings is 3. The molecule has 4 rings (SSSR count). The van der Waals surface area contributed by atoms with Gasteiger partial charge in [0.15, 0.2) is 23.9 Å². The molecule has 1 heterocycles. The number of amides is 1. The van der Waals surface area contributed by atoms with E-state index in [4.69, 9.17) is 24.9 Å². The van der Waals surface area contributed by atoms with E-state index in [1.807, 2.05) is 44.2 Å². The Morgan fingerprint density at radius 1 is 1.15 bits per heavy atom. The van der Waals surface area contributed by atoms with Crippen LogP contribution in [-0.2, 0) is 4.79 Å². The van der Waals surface area contributed by atoms with E-state index < -0.39 is 5.91 Å². The van der Waals surface area contributed by atoms with Crippen molar-refractivity contribution in [1.82, 2.24) is 9.66 Å². The molecule has 208 valence electrons. The molecule has 1 amide bonds. The molecule has 0 fully saturated rings. The summed E-state index contributed by atoms with van der Waals surface area (Å²) in [5.41, 5.74) is 8.89. The molecule has 2 N–H and O–H groups in total. The number of aryl methyl sites for hydroxylation is 1. The molecule has 40 heavy (non-hydrogen) atoms. The Labute approximate surface area is 246 Å². The predicted octanol–water partition coefficient (Wildman–Crippen LogP) is 5.25. The van der Waals surface area contributed by atoms with Crippen LogP contribution >= 0.6 is 22.6 Å². The maximum atomic E-state index is 13.7. The first-order chi connectivity index (χ1) is 19.1. The molecule has 0 aliphatic rings. The van der Waals surface area contributed by atoms with Crippen molar-refractivity contribution in [3.05, 3.63) is 79.1 Å². The second-order valence-corrected chi connectivity index (χ2v) is 10.6. The van der Waals surface area contributed by atoms with E-state index in [0.717, 1.165) is 22.4 Å². The zero-order valence-corrected chi connectivity index (χ0v) is 25.2. The van der Waals surface area contributed by atoms with E-state index >= 15 is 0 Å². The largest absolute Gasteiger partial charge is 0.496 e. The van der Waals surface area contributed by atoms with Gasteiger partial charge in [-0.15, -0.1) is 0 Å². The Morgan fingerprint density at radius 2 is 1.90 bits per heavy atom. The quantitative estimate of drug-likeness (QED) is 0.184. The fourth-order valence-electron chi connectivity index (χ4n) is 4.31. The highest BCUT2D eigenvalue weighted by Crippen LogP contribution is 2.35. The van der Waals surface area contributed by atoms with Gasteiger partial charge in [0, 0.05) is 5.56 Å². The number of fused-ring (bicyclic) bond motifs is 1. The van der Waals surface area contributed by atoms with Gasteiger partial charge in [0.2, 0.25) is 0 Å². The number of carbonyl (C=O) groups is 1. The molecule has 9 nitrogen and oxygen atoms in total. The molecule has 10 heteroatoms. The molecule has 3 aromatic carbocycles. The lowest BCUT2D eigenvalue weighted by Gasteiger charge is -2.17. The first-order valence-corrected chi connectivity index (χ1v) is 13.8. The SMILES string of the molecule is CCOc1cc(C=Nn2c(-c3cc(C(C)C)c(OC)cc3C)nc3ccccc3c2=O)cc(I)c1OCC(N)=O. The van der Waals surface area contributed by atoms with Crippen LogP contribution in [0.25, 0.3) is 22.3 Å². The van der Waals surface area contributed by atoms with E-state index in [9.17, 15) is 9.59 Å². The Bertz CT molecular complexity index is 1660. The Balaban J connectivity index is 1.90. The van der Waals surface area contributed by atoms with Crippen LogP contribution in [0.15, 0.2) is 58.4 Å². The van der Waals surface area contributed by atoms with Crippen molar-refractivity contribution < 1.29 is 19.0 Å². The number of hydrogen-bond donors (Lipinski definition) is 1. The van der Waals surface area contributed by atoms with Crippen LogP contribution < -0.4 is 25.5 Å². The fourth-order valence-corrected chi connectivity index (χ4v) is 5.09. The highest BCUT2D eigenvalue weighted by Gasteiger charge is 2.19. The first-order valence-electron chi connectivity index (χ1n) is 12.8. The van der Waals surface area contributed by atoms with Crippen molar-refractivity contribution >= 4 is 45.6 Å². The number of primary amides is 1. The summed E-state index contributed by atoms with van der Waals surface area (Å²) in [4.78, 5) is 29.9. The summed E-state index contributed by atoms with van der Waals surface area (Å²) in [7, 11) is 1.65. The molecule has 0 unspecified atom stereocenters. The van der Waals surface area contributed by atoms with Gasteiger partial charge in [-0.3, -0.25) is 9.59 Å². The molecule has 0 spiro atoms. The first kappa shape index (κ1) is 29.1. The lowest BCUT2D eigenvalue weighted by molar-refractivity contribution is -0.119. The van der Waals surface area contributed by atoms with E-state index in [1.165, 1.54) is 4.68 Å². The highest BCUT2D eigenvalue weighted by atomic mass is 127. The minimum absolute atomic E-state index is 0.188. The number of nitrogens with two attached hydrogens (primary N) is 1. The summed E-state index contributed by atoms with van der Waals surface area (Å²) >= 11 is 2.10. The summed E-state index contributed by atoms with van der Waals surface area (Å²) in [6.45, 7) is 8.09. The number of ether oxygens (including phenoxy) is 3. The Hall–Kier alpha value is -3.93. The molecule has 0 bridgehead atoms. The minimum Gasteiger partial charge on any atom is -0.496 e. The van der Waals surface area contributed by atoms with Crippen LogP contribution in [0, 0.1) is 10.5 Å². The minimum atomic E-state index is -0.589. The van der Waals surface area contributed by atoms with Crippen molar-refractivity contribution in [2.24, 2.45) is 10.8 Å². The van der Waals surface area contributed by atoms with Crippen molar-refractivity contribution in [2.75, 3.05) is 20.3 Å². The van der Waals surface area contributed by atoms with Crippen molar-refractivity contribution in [3.8, 4) is 28.6 Å². The monoisotopic (exact) mass is 654 g/mol. The maximum Gasteiger partial charge on any atom is 0.282 e.